The molecule has 6 nitrogen and oxygen atoms in total. The molecule has 0 unspecified atom stereocenters. The van der Waals surface area contributed by atoms with Gasteiger partial charge in [0.25, 0.3) is 0 Å². The van der Waals surface area contributed by atoms with Gasteiger partial charge in [0.15, 0.2) is 5.82 Å². The summed E-state index contributed by atoms with van der Waals surface area (Å²) in [6.07, 6.45) is 3.43. The van der Waals surface area contributed by atoms with Crippen molar-refractivity contribution in [2.75, 3.05) is 11.9 Å². The van der Waals surface area contributed by atoms with Crippen LogP contribution in [0.3, 0.4) is 0 Å². The van der Waals surface area contributed by atoms with Gasteiger partial charge in [-0.1, -0.05) is 25.5 Å². The first-order valence-corrected chi connectivity index (χ1v) is 6.96. The molecule has 0 spiro atoms. The van der Waals surface area contributed by atoms with Crippen LogP contribution in [-0.4, -0.2) is 32.2 Å². The molecule has 0 aliphatic rings. The Morgan fingerprint density at radius 2 is 2.19 bits per heavy atom. The maximum Gasteiger partial charge on any atom is 0.339 e. The molecule has 0 bridgehead atoms. The predicted molar refractivity (Wildman–Crippen MR) is 80.9 cm³/mol. The Hall–Kier alpha value is -2.63. The summed E-state index contributed by atoms with van der Waals surface area (Å²) in [6.45, 7) is 2.86. The van der Waals surface area contributed by atoms with E-state index in [2.05, 4.69) is 22.3 Å². The van der Waals surface area contributed by atoms with Crippen molar-refractivity contribution in [2.45, 2.75) is 19.8 Å². The van der Waals surface area contributed by atoms with Crippen molar-refractivity contribution in [3.8, 4) is 0 Å². The Morgan fingerprint density at radius 1 is 1.38 bits per heavy atom. The van der Waals surface area contributed by atoms with E-state index in [1.807, 2.05) is 24.3 Å². The maximum atomic E-state index is 11.4. The zero-order chi connectivity index (χ0) is 14.8. The van der Waals surface area contributed by atoms with Crippen LogP contribution in [0.5, 0.6) is 0 Å². The van der Waals surface area contributed by atoms with E-state index in [0.717, 1.165) is 30.4 Å². The second-order valence-corrected chi connectivity index (χ2v) is 4.85. The van der Waals surface area contributed by atoms with Crippen molar-refractivity contribution in [3.05, 3.63) is 36.0 Å². The first kappa shape index (κ1) is 13.4. The third kappa shape index (κ3) is 2.29. The average molecular weight is 284 g/mol. The van der Waals surface area contributed by atoms with Gasteiger partial charge in [0, 0.05) is 6.54 Å². The molecule has 2 N–H and O–H groups in total. The largest absolute Gasteiger partial charge is 0.478 e. The number of rotatable bonds is 5. The predicted octanol–water partition coefficient (Wildman–Crippen LogP) is 2.79. The number of benzene rings is 1. The van der Waals surface area contributed by atoms with Crippen LogP contribution in [0, 0.1) is 0 Å². The van der Waals surface area contributed by atoms with Crippen LogP contribution < -0.4 is 5.32 Å². The molecule has 0 saturated heterocycles. The van der Waals surface area contributed by atoms with Gasteiger partial charge in [0.1, 0.15) is 11.1 Å². The van der Waals surface area contributed by atoms with Crippen molar-refractivity contribution in [1.29, 1.82) is 0 Å². The van der Waals surface area contributed by atoms with Crippen LogP contribution in [0.1, 0.15) is 30.1 Å². The molecule has 0 saturated carbocycles. The van der Waals surface area contributed by atoms with Crippen LogP contribution in [0.25, 0.3) is 16.6 Å². The van der Waals surface area contributed by atoms with Crippen LogP contribution >= 0.6 is 0 Å². The van der Waals surface area contributed by atoms with Crippen molar-refractivity contribution in [2.24, 2.45) is 0 Å². The molecule has 3 aromatic rings. The van der Waals surface area contributed by atoms with Gasteiger partial charge in [-0.2, -0.15) is 5.10 Å². The number of hydrogen-bond acceptors (Lipinski definition) is 4. The molecule has 108 valence electrons. The van der Waals surface area contributed by atoms with Crippen molar-refractivity contribution in [1.82, 2.24) is 14.6 Å². The average Bonchev–Trinajstić information content (AvgIpc) is 2.93. The Balaban J connectivity index is 2.25. The summed E-state index contributed by atoms with van der Waals surface area (Å²) in [5, 5.41) is 16.8. The molecule has 1 aromatic carbocycles. The molecule has 3 rings (SSSR count). The Bertz CT molecular complexity index is 810. The smallest absolute Gasteiger partial charge is 0.339 e. The number of fused-ring (bicyclic) bond motifs is 3. The van der Waals surface area contributed by atoms with E-state index < -0.39 is 5.97 Å². The third-order valence-corrected chi connectivity index (χ3v) is 3.39. The summed E-state index contributed by atoms with van der Waals surface area (Å²) in [4.78, 5) is 15.9. The lowest BCUT2D eigenvalue weighted by molar-refractivity contribution is 0.0699. The van der Waals surface area contributed by atoms with E-state index in [0.29, 0.717) is 11.3 Å². The first-order chi connectivity index (χ1) is 10.2. The number of carboxylic acid groups (broad SMARTS) is 1. The van der Waals surface area contributed by atoms with Gasteiger partial charge in [-0.3, -0.25) is 0 Å². The van der Waals surface area contributed by atoms with E-state index in [4.69, 9.17) is 0 Å². The lowest BCUT2D eigenvalue weighted by Gasteiger charge is -2.10. The number of carbonyl (C=O) groups is 1. The van der Waals surface area contributed by atoms with E-state index in [9.17, 15) is 9.90 Å². The zero-order valence-electron chi connectivity index (χ0n) is 11.7. The number of hydrogen-bond donors (Lipinski definition) is 2. The molecule has 0 aliphatic heterocycles. The van der Waals surface area contributed by atoms with Crippen LogP contribution in [0.4, 0.5) is 5.82 Å². The Kier molecular flexibility index (Phi) is 3.43. The molecule has 0 radical (unpaired) electrons. The summed E-state index contributed by atoms with van der Waals surface area (Å²) in [5.41, 5.74) is 2.25. The van der Waals surface area contributed by atoms with E-state index in [1.165, 1.54) is 6.20 Å². The molecule has 6 heteroatoms. The number of aromatic nitrogens is 3. The fraction of sp³-hybridized carbons (Fsp3) is 0.267. The number of aromatic carboxylic acids is 1. The van der Waals surface area contributed by atoms with E-state index >= 15 is 0 Å². The minimum Gasteiger partial charge on any atom is -0.478 e. The molecule has 0 atom stereocenters. The van der Waals surface area contributed by atoms with Gasteiger partial charge in [-0.05, 0) is 18.6 Å². The molecule has 21 heavy (non-hydrogen) atoms. The molecular formula is C15H16N4O2. The summed E-state index contributed by atoms with van der Waals surface area (Å²) < 4.78 is 1.64. The van der Waals surface area contributed by atoms with Gasteiger partial charge in [0.05, 0.1) is 17.2 Å². The lowest BCUT2D eigenvalue weighted by Crippen LogP contribution is -2.08. The van der Waals surface area contributed by atoms with Crippen molar-refractivity contribution in [3.63, 3.8) is 0 Å². The maximum absolute atomic E-state index is 11.4. The second kappa shape index (κ2) is 5.40. The highest BCUT2D eigenvalue weighted by Gasteiger charge is 2.18. The quantitative estimate of drug-likeness (QED) is 0.704. The van der Waals surface area contributed by atoms with Crippen molar-refractivity contribution < 1.29 is 9.90 Å². The highest BCUT2D eigenvalue weighted by Crippen LogP contribution is 2.24. The molecule has 0 amide bonds. The first-order valence-electron chi connectivity index (χ1n) is 6.96. The van der Waals surface area contributed by atoms with E-state index in [-0.39, 0.29) is 5.56 Å². The fourth-order valence-electron chi connectivity index (χ4n) is 2.33. The minimum absolute atomic E-state index is 0.159. The molecule has 0 fully saturated rings. The number of para-hydroxylation sites is 2. The normalized spacial score (nSPS) is 11.1. The summed E-state index contributed by atoms with van der Waals surface area (Å²) in [5.74, 6) is -0.433. The topological polar surface area (TPSA) is 79.5 Å². The number of anilines is 1. The second-order valence-electron chi connectivity index (χ2n) is 4.85. The van der Waals surface area contributed by atoms with Crippen LogP contribution in [0.2, 0.25) is 0 Å². The molecule has 2 aromatic heterocycles. The number of carboxylic acids is 1. The third-order valence-electron chi connectivity index (χ3n) is 3.39. The number of unbranched alkanes of at least 4 members (excludes halogenated alkanes) is 1. The Labute approximate surface area is 121 Å². The van der Waals surface area contributed by atoms with E-state index in [1.54, 1.807) is 4.52 Å². The minimum atomic E-state index is -0.999. The van der Waals surface area contributed by atoms with Gasteiger partial charge in [0.2, 0.25) is 0 Å². The van der Waals surface area contributed by atoms with Gasteiger partial charge >= 0.3 is 5.97 Å². The summed E-state index contributed by atoms with van der Waals surface area (Å²) in [7, 11) is 0. The van der Waals surface area contributed by atoms with Crippen LogP contribution in [0.15, 0.2) is 30.5 Å². The van der Waals surface area contributed by atoms with Crippen molar-refractivity contribution >= 4 is 28.3 Å². The van der Waals surface area contributed by atoms with Crippen LogP contribution in [-0.2, 0) is 0 Å². The standard InChI is InChI=1S/C15H16N4O2/c1-2-3-8-16-14-13-10(15(20)21)9-17-19(13)12-7-5-4-6-11(12)18-14/h4-7,9H,2-3,8H2,1H3,(H,16,18)(H,20,21). The number of nitrogens with one attached hydrogen (secondary N) is 1. The summed E-state index contributed by atoms with van der Waals surface area (Å²) >= 11 is 0. The zero-order valence-corrected chi connectivity index (χ0v) is 11.7. The monoisotopic (exact) mass is 284 g/mol. The lowest BCUT2D eigenvalue weighted by atomic mass is 10.2. The molecular weight excluding hydrogens is 268 g/mol. The SMILES string of the molecule is CCCCNc1nc2ccccc2n2ncc(C(=O)O)c12. The number of nitrogens with zero attached hydrogens (tertiary/aromatic N) is 3. The molecule has 2 heterocycles. The van der Waals surface area contributed by atoms with Gasteiger partial charge in [-0.25, -0.2) is 14.3 Å². The van der Waals surface area contributed by atoms with Gasteiger partial charge < -0.3 is 10.4 Å². The fourth-order valence-corrected chi connectivity index (χ4v) is 2.33. The van der Waals surface area contributed by atoms with Gasteiger partial charge in [-0.15, -0.1) is 0 Å². The summed E-state index contributed by atoms with van der Waals surface area (Å²) in [6, 6.07) is 7.56. The highest BCUT2D eigenvalue weighted by molar-refractivity contribution is 6.00. The highest BCUT2D eigenvalue weighted by atomic mass is 16.4. The molecule has 0 aliphatic carbocycles. The Morgan fingerprint density at radius 3 is 2.95 bits per heavy atom.